The predicted octanol–water partition coefficient (Wildman–Crippen LogP) is 5.35. The molecule has 0 N–H and O–H groups in total. The van der Waals surface area contributed by atoms with Crippen LogP contribution in [0.5, 0.6) is 0 Å². The number of fused-ring (bicyclic) bond motifs is 1. The highest BCUT2D eigenvalue weighted by Crippen LogP contribution is 2.33. The van der Waals surface area contributed by atoms with Crippen LogP contribution in [-0.4, -0.2) is 9.55 Å². The molecule has 0 aliphatic carbocycles. The maximum absolute atomic E-state index is 6.69. The summed E-state index contributed by atoms with van der Waals surface area (Å²) in [5.41, 5.74) is 5.09. The molecule has 0 fully saturated rings. The average molecular weight is 305 g/mol. The van der Waals surface area contributed by atoms with Crippen molar-refractivity contribution in [3.63, 3.8) is 0 Å². The lowest BCUT2D eigenvalue weighted by Crippen LogP contribution is -1.94. The van der Waals surface area contributed by atoms with Crippen LogP contribution in [0.3, 0.4) is 0 Å². The van der Waals surface area contributed by atoms with E-state index in [1.54, 1.807) is 0 Å². The Morgan fingerprint density at radius 3 is 2.41 bits per heavy atom. The van der Waals surface area contributed by atoms with Crippen LogP contribution in [0.2, 0.25) is 5.02 Å². The summed E-state index contributed by atoms with van der Waals surface area (Å²) in [6.07, 6.45) is 1.82. The lowest BCUT2D eigenvalue weighted by Gasteiger charge is -2.11. The maximum atomic E-state index is 6.69. The summed E-state index contributed by atoms with van der Waals surface area (Å²) in [7, 11) is 0. The van der Waals surface area contributed by atoms with Crippen LogP contribution in [-0.2, 0) is 0 Å². The Hall–Kier alpha value is -2.58. The number of para-hydroxylation sites is 2. The van der Waals surface area contributed by atoms with Gasteiger partial charge < -0.3 is 0 Å². The van der Waals surface area contributed by atoms with E-state index in [2.05, 4.69) is 17.1 Å². The van der Waals surface area contributed by atoms with Crippen molar-refractivity contribution in [2.24, 2.45) is 0 Å². The van der Waals surface area contributed by atoms with Gasteiger partial charge in [-0.25, -0.2) is 4.98 Å². The first-order valence-electron chi connectivity index (χ1n) is 7.11. The van der Waals surface area contributed by atoms with Gasteiger partial charge in [0.05, 0.1) is 21.7 Å². The standard InChI is InChI=1S/C19H13ClN2/c20-19-15(14-7-2-1-3-8-14)9-6-12-18(19)22-13-21-16-10-4-5-11-17(16)22/h1-13H. The molecule has 0 saturated heterocycles. The van der Waals surface area contributed by atoms with Gasteiger partial charge in [0.1, 0.15) is 6.33 Å². The Morgan fingerprint density at radius 1 is 0.773 bits per heavy atom. The molecule has 0 atom stereocenters. The third-order valence-corrected chi connectivity index (χ3v) is 4.17. The van der Waals surface area contributed by atoms with Crippen molar-refractivity contribution >= 4 is 22.6 Å². The first-order valence-corrected chi connectivity index (χ1v) is 7.49. The minimum absolute atomic E-state index is 0.733. The normalized spacial score (nSPS) is 11.0. The zero-order valence-corrected chi connectivity index (χ0v) is 12.5. The molecule has 1 aromatic heterocycles. The Bertz CT molecular complexity index is 942. The smallest absolute Gasteiger partial charge is 0.100 e. The highest BCUT2D eigenvalue weighted by atomic mass is 35.5. The van der Waals surface area contributed by atoms with E-state index >= 15 is 0 Å². The van der Waals surface area contributed by atoms with Gasteiger partial charge in [0.2, 0.25) is 0 Å². The molecule has 3 aromatic carbocycles. The molecule has 0 radical (unpaired) electrons. The second kappa shape index (κ2) is 5.32. The van der Waals surface area contributed by atoms with Gasteiger partial charge in [-0.05, 0) is 23.8 Å². The molecule has 0 amide bonds. The summed E-state index contributed by atoms with van der Waals surface area (Å²) in [4.78, 5) is 4.44. The van der Waals surface area contributed by atoms with E-state index < -0.39 is 0 Å². The molecule has 1 heterocycles. The zero-order chi connectivity index (χ0) is 14.9. The fourth-order valence-corrected chi connectivity index (χ4v) is 3.02. The lowest BCUT2D eigenvalue weighted by atomic mass is 10.0. The molecule has 106 valence electrons. The van der Waals surface area contributed by atoms with Gasteiger partial charge >= 0.3 is 0 Å². The van der Waals surface area contributed by atoms with E-state index in [0.29, 0.717) is 0 Å². The predicted molar refractivity (Wildman–Crippen MR) is 91.5 cm³/mol. The molecule has 4 rings (SSSR count). The first kappa shape index (κ1) is 13.1. The van der Waals surface area contributed by atoms with E-state index in [9.17, 15) is 0 Å². The minimum atomic E-state index is 0.733. The number of aromatic nitrogens is 2. The van der Waals surface area contributed by atoms with Crippen LogP contribution in [0.1, 0.15) is 0 Å². The third kappa shape index (κ3) is 2.09. The van der Waals surface area contributed by atoms with Crippen molar-refractivity contribution in [1.29, 1.82) is 0 Å². The molecule has 0 bridgehead atoms. The number of benzene rings is 3. The van der Waals surface area contributed by atoms with Crippen molar-refractivity contribution in [1.82, 2.24) is 9.55 Å². The van der Waals surface area contributed by atoms with Gasteiger partial charge in [0.25, 0.3) is 0 Å². The Morgan fingerprint density at radius 2 is 1.55 bits per heavy atom. The summed E-state index contributed by atoms with van der Waals surface area (Å²) in [5.74, 6) is 0. The minimum Gasteiger partial charge on any atom is -0.297 e. The van der Waals surface area contributed by atoms with Crippen LogP contribution in [0, 0.1) is 0 Å². The summed E-state index contributed by atoms with van der Waals surface area (Å²) in [5, 5.41) is 0.733. The fraction of sp³-hybridized carbons (Fsp3) is 0. The number of hydrogen-bond donors (Lipinski definition) is 0. The topological polar surface area (TPSA) is 17.8 Å². The molecule has 4 aromatic rings. The SMILES string of the molecule is Clc1c(-c2ccccc2)cccc1-n1cnc2ccccc21. The second-order valence-corrected chi connectivity index (χ2v) is 5.49. The molecule has 0 saturated carbocycles. The number of rotatable bonds is 2. The van der Waals surface area contributed by atoms with Gasteiger partial charge in [-0.1, -0.05) is 66.2 Å². The molecule has 0 aliphatic heterocycles. The van der Waals surface area contributed by atoms with Crippen LogP contribution >= 0.6 is 11.6 Å². The van der Waals surface area contributed by atoms with E-state index in [1.165, 1.54) is 0 Å². The largest absolute Gasteiger partial charge is 0.297 e. The summed E-state index contributed by atoms with van der Waals surface area (Å²) in [6, 6.07) is 24.3. The van der Waals surface area contributed by atoms with Gasteiger partial charge in [0.15, 0.2) is 0 Å². The summed E-state index contributed by atoms with van der Waals surface area (Å²) < 4.78 is 2.03. The maximum Gasteiger partial charge on any atom is 0.100 e. The molecular formula is C19H13ClN2. The molecule has 22 heavy (non-hydrogen) atoms. The molecule has 3 heteroatoms. The summed E-state index contributed by atoms with van der Waals surface area (Å²) >= 11 is 6.69. The van der Waals surface area contributed by atoms with Gasteiger partial charge in [-0.3, -0.25) is 4.57 Å². The monoisotopic (exact) mass is 304 g/mol. The van der Waals surface area contributed by atoms with E-state index in [1.807, 2.05) is 71.6 Å². The first-order chi connectivity index (χ1) is 10.8. The molecule has 0 spiro atoms. The van der Waals surface area contributed by atoms with Crippen molar-refractivity contribution in [3.8, 4) is 16.8 Å². The molecule has 0 unspecified atom stereocenters. The zero-order valence-electron chi connectivity index (χ0n) is 11.8. The molecule has 2 nitrogen and oxygen atoms in total. The van der Waals surface area contributed by atoms with E-state index in [4.69, 9.17) is 11.6 Å². The van der Waals surface area contributed by atoms with E-state index in [0.717, 1.165) is 32.9 Å². The van der Waals surface area contributed by atoms with Gasteiger partial charge in [-0.2, -0.15) is 0 Å². The lowest BCUT2D eigenvalue weighted by molar-refractivity contribution is 1.09. The number of hydrogen-bond acceptors (Lipinski definition) is 1. The van der Waals surface area contributed by atoms with Gasteiger partial charge in [0, 0.05) is 5.56 Å². The molecular weight excluding hydrogens is 292 g/mol. The number of nitrogens with zero attached hydrogens (tertiary/aromatic N) is 2. The fourth-order valence-electron chi connectivity index (χ4n) is 2.70. The van der Waals surface area contributed by atoms with Crippen LogP contribution in [0.15, 0.2) is 79.1 Å². The Balaban J connectivity index is 1.94. The average Bonchev–Trinajstić information content (AvgIpc) is 3.00. The highest BCUT2D eigenvalue weighted by Gasteiger charge is 2.11. The van der Waals surface area contributed by atoms with Crippen LogP contribution < -0.4 is 0 Å². The van der Waals surface area contributed by atoms with Crippen LogP contribution in [0.25, 0.3) is 27.8 Å². The number of halogens is 1. The van der Waals surface area contributed by atoms with Crippen LogP contribution in [0.4, 0.5) is 0 Å². The van der Waals surface area contributed by atoms with Crippen molar-refractivity contribution in [2.75, 3.05) is 0 Å². The molecule has 0 aliphatic rings. The summed E-state index contributed by atoms with van der Waals surface area (Å²) in [6.45, 7) is 0. The second-order valence-electron chi connectivity index (χ2n) is 5.11. The quantitative estimate of drug-likeness (QED) is 0.488. The Kier molecular flexibility index (Phi) is 3.17. The van der Waals surface area contributed by atoms with Crippen molar-refractivity contribution in [2.45, 2.75) is 0 Å². The Labute approximate surface area is 133 Å². The van der Waals surface area contributed by atoms with Gasteiger partial charge in [-0.15, -0.1) is 0 Å². The highest BCUT2D eigenvalue weighted by molar-refractivity contribution is 6.35. The van der Waals surface area contributed by atoms with Crippen molar-refractivity contribution < 1.29 is 0 Å². The number of imidazole rings is 1. The van der Waals surface area contributed by atoms with E-state index in [-0.39, 0.29) is 0 Å². The van der Waals surface area contributed by atoms with Crippen molar-refractivity contribution in [3.05, 3.63) is 84.1 Å². The third-order valence-electron chi connectivity index (χ3n) is 3.78.